The van der Waals surface area contributed by atoms with Crippen LogP contribution in [0.2, 0.25) is 0 Å². The molecule has 22 heavy (non-hydrogen) atoms. The number of aromatic nitrogens is 1. The van der Waals surface area contributed by atoms with Crippen molar-refractivity contribution < 1.29 is 9.47 Å². The van der Waals surface area contributed by atoms with Crippen molar-refractivity contribution in [2.45, 2.75) is 6.61 Å². The molecule has 0 unspecified atom stereocenters. The molecule has 1 heterocycles. The Hall–Kier alpha value is -2.95. The summed E-state index contributed by atoms with van der Waals surface area (Å²) in [6, 6.07) is 14.0. The number of nitrogens with one attached hydrogen (secondary N) is 1. The van der Waals surface area contributed by atoms with Crippen molar-refractivity contribution in [2.75, 3.05) is 12.8 Å². The zero-order valence-electron chi connectivity index (χ0n) is 12.1. The number of pyridine rings is 1. The number of nitrogen functional groups attached to an aromatic ring is 1. The van der Waals surface area contributed by atoms with Crippen molar-refractivity contribution in [3.05, 3.63) is 64.4 Å². The van der Waals surface area contributed by atoms with Gasteiger partial charge in [0.25, 0.3) is 0 Å². The first kappa shape index (κ1) is 14.0. The second kappa shape index (κ2) is 5.81. The normalized spacial score (nSPS) is 10.6. The summed E-state index contributed by atoms with van der Waals surface area (Å²) in [7, 11) is 1.61. The molecule has 0 spiro atoms. The third-order valence-electron chi connectivity index (χ3n) is 3.36. The second-order valence-corrected chi connectivity index (χ2v) is 4.93. The highest BCUT2D eigenvalue weighted by atomic mass is 16.5. The number of anilines is 1. The van der Waals surface area contributed by atoms with Crippen LogP contribution in [0.4, 0.5) is 5.69 Å². The summed E-state index contributed by atoms with van der Waals surface area (Å²) in [5.74, 6) is 1.48. The number of hydrogen-bond donors (Lipinski definition) is 2. The summed E-state index contributed by atoms with van der Waals surface area (Å²) < 4.78 is 10.8. The predicted molar refractivity (Wildman–Crippen MR) is 86.3 cm³/mol. The molecule has 2 aromatic carbocycles. The molecule has 0 fully saturated rings. The van der Waals surface area contributed by atoms with E-state index in [1.807, 2.05) is 24.3 Å². The zero-order chi connectivity index (χ0) is 15.5. The molecule has 0 saturated heterocycles. The van der Waals surface area contributed by atoms with Gasteiger partial charge in [0.15, 0.2) is 5.43 Å². The highest BCUT2D eigenvalue weighted by molar-refractivity contribution is 5.81. The highest BCUT2D eigenvalue weighted by Crippen LogP contribution is 2.18. The second-order valence-electron chi connectivity index (χ2n) is 4.93. The molecule has 0 aliphatic carbocycles. The predicted octanol–water partition coefficient (Wildman–Crippen LogP) is 2.70. The van der Waals surface area contributed by atoms with E-state index in [0.717, 1.165) is 11.3 Å². The molecule has 0 aliphatic heterocycles. The summed E-state index contributed by atoms with van der Waals surface area (Å²) in [4.78, 5) is 15.3. The van der Waals surface area contributed by atoms with E-state index in [0.29, 0.717) is 22.5 Å². The Balaban J connectivity index is 1.81. The average Bonchev–Trinajstić information content (AvgIpc) is 2.54. The minimum Gasteiger partial charge on any atom is -0.497 e. The zero-order valence-corrected chi connectivity index (χ0v) is 12.1. The van der Waals surface area contributed by atoms with Crippen LogP contribution in [0.3, 0.4) is 0 Å². The fourth-order valence-electron chi connectivity index (χ4n) is 2.23. The monoisotopic (exact) mass is 296 g/mol. The number of nitrogens with two attached hydrogens (primary N) is 1. The van der Waals surface area contributed by atoms with Crippen LogP contribution >= 0.6 is 0 Å². The van der Waals surface area contributed by atoms with Crippen molar-refractivity contribution in [1.82, 2.24) is 4.98 Å². The van der Waals surface area contributed by atoms with E-state index < -0.39 is 0 Å². The number of methoxy groups -OCH3 is 1. The lowest BCUT2D eigenvalue weighted by Crippen LogP contribution is -2.08. The maximum Gasteiger partial charge on any atom is 0.189 e. The average molecular weight is 296 g/mol. The summed E-state index contributed by atoms with van der Waals surface area (Å²) in [6.07, 6.45) is 0. The van der Waals surface area contributed by atoms with Gasteiger partial charge in [-0.1, -0.05) is 0 Å². The van der Waals surface area contributed by atoms with Crippen LogP contribution in [-0.4, -0.2) is 12.1 Å². The van der Waals surface area contributed by atoms with E-state index >= 15 is 0 Å². The van der Waals surface area contributed by atoms with E-state index in [9.17, 15) is 4.79 Å². The van der Waals surface area contributed by atoms with Gasteiger partial charge in [-0.25, -0.2) is 0 Å². The van der Waals surface area contributed by atoms with Gasteiger partial charge in [-0.05, 0) is 42.5 Å². The lowest BCUT2D eigenvalue weighted by Gasteiger charge is -2.08. The molecule has 112 valence electrons. The first-order valence-corrected chi connectivity index (χ1v) is 6.84. The van der Waals surface area contributed by atoms with Crippen molar-refractivity contribution in [3.63, 3.8) is 0 Å². The van der Waals surface area contributed by atoms with Gasteiger partial charge in [0.2, 0.25) is 0 Å². The van der Waals surface area contributed by atoms with Crippen LogP contribution in [0.5, 0.6) is 11.5 Å². The van der Waals surface area contributed by atoms with Gasteiger partial charge in [0.1, 0.15) is 18.1 Å². The molecular formula is C17H16N2O3. The van der Waals surface area contributed by atoms with E-state index in [-0.39, 0.29) is 12.0 Å². The molecule has 0 saturated carbocycles. The third-order valence-corrected chi connectivity index (χ3v) is 3.36. The summed E-state index contributed by atoms with van der Waals surface area (Å²) in [6.45, 7) is 0.280. The van der Waals surface area contributed by atoms with Crippen molar-refractivity contribution in [2.24, 2.45) is 0 Å². The van der Waals surface area contributed by atoms with E-state index in [2.05, 4.69) is 4.98 Å². The maximum atomic E-state index is 12.1. The highest BCUT2D eigenvalue weighted by Gasteiger charge is 2.04. The van der Waals surface area contributed by atoms with Gasteiger partial charge in [0.05, 0.1) is 12.8 Å². The number of benzene rings is 2. The van der Waals surface area contributed by atoms with Gasteiger partial charge < -0.3 is 20.2 Å². The first-order valence-electron chi connectivity index (χ1n) is 6.84. The van der Waals surface area contributed by atoms with Crippen LogP contribution in [-0.2, 0) is 6.61 Å². The fraction of sp³-hybridized carbons (Fsp3) is 0.118. The first-order chi connectivity index (χ1) is 10.7. The minimum atomic E-state index is -0.0746. The Bertz CT molecular complexity index is 854. The van der Waals surface area contributed by atoms with Crippen molar-refractivity contribution in [3.8, 4) is 11.5 Å². The Morgan fingerprint density at radius 2 is 1.77 bits per heavy atom. The van der Waals surface area contributed by atoms with E-state index in [4.69, 9.17) is 15.2 Å². The molecule has 3 aromatic rings. The molecule has 0 radical (unpaired) electrons. The van der Waals surface area contributed by atoms with Crippen molar-refractivity contribution in [1.29, 1.82) is 0 Å². The van der Waals surface area contributed by atoms with Gasteiger partial charge in [0, 0.05) is 22.7 Å². The number of rotatable bonds is 4. The van der Waals surface area contributed by atoms with Crippen LogP contribution in [0.25, 0.3) is 10.9 Å². The number of H-pyrrole nitrogens is 1. The van der Waals surface area contributed by atoms with E-state index in [1.54, 1.807) is 25.3 Å². The molecule has 0 atom stereocenters. The molecule has 3 N–H and O–H groups in total. The third kappa shape index (κ3) is 2.88. The topological polar surface area (TPSA) is 77.3 Å². The Morgan fingerprint density at radius 3 is 2.50 bits per heavy atom. The van der Waals surface area contributed by atoms with Gasteiger partial charge >= 0.3 is 0 Å². The Labute approximate surface area is 127 Å². The molecule has 0 aliphatic rings. The lowest BCUT2D eigenvalue weighted by atomic mass is 10.2. The summed E-state index contributed by atoms with van der Waals surface area (Å²) in [5, 5.41) is 0.577. The smallest absolute Gasteiger partial charge is 0.189 e. The van der Waals surface area contributed by atoms with Gasteiger partial charge in [-0.3, -0.25) is 4.79 Å². The Morgan fingerprint density at radius 1 is 1.05 bits per heavy atom. The van der Waals surface area contributed by atoms with Crippen LogP contribution in [0, 0.1) is 0 Å². The van der Waals surface area contributed by atoms with Gasteiger partial charge in [-0.2, -0.15) is 0 Å². The molecule has 5 heteroatoms. The lowest BCUT2D eigenvalue weighted by molar-refractivity contribution is 0.301. The maximum absolute atomic E-state index is 12.1. The van der Waals surface area contributed by atoms with Crippen LogP contribution in [0.15, 0.2) is 53.3 Å². The van der Waals surface area contributed by atoms with Gasteiger partial charge in [-0.15, -0.1) is 0 Å². The summed E-state index contributed by atoms with van der Waals surface area (Å²) in [5.41, 5.74) is 7.65. The van der Waals surface area contributed by atoms with Crippen LogP contribution in [0.1, 0.15) is 5.69 Å². The van der Waals surface area contributed by atoms with Crippen LogP contribution < -0.4 is 20.6 Å². The largest absolute Gasteiger partial charge is 0.497 e. The SMILES string of the molecule is COc1ccc(OCc2cc(=O)c3cc(N)ccc3[nH]2)cc1. The quantitative estimate of drug-likeness (QED) is 0.726. The Kier molecular flexibility index (Phi) is 3.70. The number of hydrogen-bond acceptors (Lipinski definition) is 4. The molecule has 3 rings (SSSR count). The standard InChI is InChI=1S/C17H16N2O3/c1-21-13-3-5-14(6-4-13)22-10-12-9-17(20)15-8-11(18)2-7-16(15)19-12/h2-9H,10,18H2,1H3,(H,19,20). The molecule has 5 nitrogen and oxygen atoms in total. The molecule has 0 bridgehead atoms. The molecular weight excluding hydrogens is 280 g/mol. The van der Waals surface area contributed by atoms with Crippen molar-refractivity contribution >= 4 is 16.6 Å². The fourth-order valence-corrected chi connectivity index (χ4v) is 2.23. The van der Waals surface area contributed by atoms with E-state index in [1.165, 1.54) is 6.07 Å². The number of aromatic amines is 1. The number of fused-ring (bicyclic) bond motifs is 1. The molecule has 1 aromatic heterocycles. The summed E-state index contributed by atoms with van der Waals surface area (Å²) >= 11 is 0. The minimum absolute atomic E-state index is 0.0746. The molecule has 0 amide bonds. The number of ether oxygens (including phenoxy) is 2.